The highest BCUT2D eigenvalue weighted by Crippen LogP contribution is 2.40. The molecule has 0 saturated carbocycles. The van der Waals surface area contributed by atoms with Crippen molar-refractivity contribution in [3.8, 4) is 0 Å². The molecule has 0 radical (unpaired) electrons. The maximum absolute atomic E-state index is 8.70. The Morgan fingerprint density at radius 3 is 1.66 bits per heavy atom. The van der Waals surface area contributed by atoms with E-state index in [1.807, 2.05) is 42.2 Å². The quantitative estimate of drug-likeness (QED) is 0.136. The number of nitrogens with zero attached hydrogens (tertiary/aromatic N) is 3. The number of benzene rings is 3. The van der Waals surface area contributed by atoms with Gasteiger partial charge in [-0.15, -0.1) is 14.9 Å². The molecule has 3 aromatic carbocycles. The molecule has 8 heteroatoms. The molecule has 1 heterocycles. The largest absolute Gasteiger partial charge is 0.692 e. The van der Waals surface area contributed by atoms with Crippen molar-refractivity contribution in [2.24, 2.45) is 5.92 Å². The van der Waals surface area contributed by atoms with Crippen molar-refractivity contribution in [2.45, 2.75) is 39.2 Å². The third-order valence-corrected chi connectivity index (χ3v) is 6.40. The molecule has 1 aromatic heterocycles. The zero-order valence-corrected chi connectivity index (χ0v) is 22.9. The minimum atomic E-state index is -2.87. The van der Waals surface area contributed by atoms with Crippen LogP contribution in [0.25, 0.3) is 6.08 Å². The lowest BCUT2D eigenvalue weighted by Crippen LogP contribution is -2.38. The fraction of sp³-hybridized carbons (Fsp3) is 0.267. The van der Waals surface area contributed by atoms with E-state index in [2.05, 4.69) is 86.6 Å². The van der Waals surface area contributed by atoms with Gasteiger partial charge in [0, 0.05) is 16.6 Å². The number of hydrogen-bond acceptors (Lipinski definition) is 4. The van der Waals surface area contributed by atoms with Crippen LogP contribution in [-0.4, -0.2) is 31.2 Å². The summed E-state index contributed by atoms with van der Waals surface area (Å²) in [6, 6.07) is 31.6. The van der Waals surface area contributed by atoms with Crippen molar-refractivity contribution in [1.82, 2.24) is 14.8 Å². The summed E-state index contributed by atoms with van der Waals surface area (Å²) < 4.78 is 16.7. The van der Waals surface area contributed by atoms with Crippen LogP contribution in [0.2, 0.25) is 0 Å². The second-order valence-corrected chi connectivity index (χ2v) is 9.11. The van der Waals surface area contributed by atoms with Crippen molar-refractivity contribution in [1.29, 1.82) is 0 Å². The van der Waals surface area contributed by atoms with Crippen molar-refractivity contribution in [2.75, 3.05) is 6.61 Å². The Balaban J connectivity index is 0.000000934. The molecule has 4 aromatic rings. The Kier molecular flexibility index (Phi) is 10.9. The van der Waals surface area contributed by atoms with E-state index >= 15 is 0 Å². The molecule has 38 heavy (non-hydrogen) atoms. The highest BCUT2D eigenvalue weighted by Gasteiger charge is 2.39. The van der Waals surface area contributed by atoms with E-state index in [1.54, 1.807) is 0 Å². The van der Waals surface area contributed by atoms with Crippen molar-refractivity contribution >= 4 is 14.3 Å². The molecular formula is C30H35N3O4P+. The third-order valence-electron chi connectivity index (χ3n) is 6.40. The van der Waals surface area contributed by atoms with Crippen LogP contribution in [0.3, 0.4) is 0 Å². The first-order valence-electron chi connectivity index (χ1n) is 12.7. The second-order valence-electron chi connectivity index (χ2n) is 8.60. The number of aromatic nitrogens is 3. The molecular weight excluding hydrogens is 497 g/mol. The first kappa shape index (κ1) is 28.9. The molecule has 7 nitrogen and oxygen atoms in total. The highest BCUT2D eigenvalue weighted by atomic mass is 31.1. The number of hydrogen-bond donors (Lipinski definition) is 2. The highest BCUT2D eigenvalue weighted by molar-refractivity contribution is 7.30. The average molecular weight is 533 g/mol. The summed E-state index contributed by atoms with van der Waals surface area (Å²) >= 11 is 0. The lowest BCUT2D eigenvalue weighted by molar-refractivity contribution is 0.190. The molecule has 0 fully saturated rings. The Hall–Kier alpha value is -3.64. The Morgan fingerprint density at radius 2 is 1.29 bits per heavy atom. The summed E-state index contributed by atoms with van der Waals surface area (Å²) in [6.45, 7) is 7.04. The van der Waals surface area contributed by atoms with E-state index in [-0.39, 0.29) is 0 Å². The van der Waals surface area contributed by atoms with Gasteiger partial charge < -0.3 is 4.74 Å². The summed E-state index contributed by atoms with van der Waals surface area (Å²) in [6.07, 6.45) is 5.88. The third kappa shape index (κ3) is 6.81. The van der Waals surface area contributed by atoms with Gasteiger partial charge >= 0.3 is 8.25 Å². The Morgan fingerprint density at radius 1 is 0.868 bits per heavy atom. The molecule has 0 atom stereocenters. The molecule has 0 bridgehead atoms. The van der Waals surface area contributed by atoms with E-state index in [1.165, 1.54) is 0 Å². The normalized spacial score (nSPS) is 11.6. The maximum Gasteiger partial charge on any atom is 0.692 e. The predicted molar refractivity (Wildman–Crippen MR) is 150 cm³/mol. The molecule has 198 valence electrons. The monoisotopic (exact) mass is 532 g/mol. The number of rotatable bonds is 10. The van der Waals surface area contributed by atoms with Crippen LogP contribution in [0, 0.1) is 5.92 Å². The van der Waals surface area contributed by atoms with Crippen LogP contribution in [0.1, 0.15) is 56.1 Å². The average Bonchev–Trinajstić information content (AvgIpc) is 3.40. The summed E-state index contributed by atoms with van der Waals surface area (Å²) in [5, 5.41) is 5.03. The minimum absolute atomic E-state index is 0.356. The number of ether oxygens (including phenoxy) is 1. The fourth-order valence-corrected chi connectivity index (χ4v) is 4.70. The van der Waals surface area contributed by atoms with Gasteiger partial charge in [-0.3, -0.25) is 0 Å². The zero-order valence-electron chi connectivity index (χ0n) is 22.0. The van der Waals surface area contributed by atoms with Crippen molar-refractivity contribution < 1.29 is 19.1 Å². The van der Waals surface area contributed by atoms with E-state index in [4.69, 9.17) is 29.2 Å². The van der Waals surface area contributed by atoms with Crippen LogP contribution in [0.4, 0.5) is 0 Å². The van der Waals surface area contributed by atoms with Gasteiger partial charge in [0.2, 0.25) is 0 Å². The summed E-state index contributed by atoms with van der Waals surface area (Å²) in [5.41, 5.74) is 2.71. The molecule has 0 saturated heterocycles. The predicted octanol–water partition coefficient (Wildman–Crippen LogP) is 6.56. The lowest BCUT2D eigenvalue weighted by Gasteiger charge is -2.35. The molecule has 0 amide bonds. The maximum atomic E-state index is 8.70. The van der Waals surface area contributed by atoms with Gasteiger partial charge in [0.05, 0.1) is 6.61 Å². The Labute approximate surface area is 225 Å². The molecule has 0 aliphatic carbocycles. The molecule has 0 unspecified atom stereocenters. The van der Waals surface area contributed by atoms with Crippen LogP contribution in [0.15, 0.2) is 103 Å². The molecule has 0 aliphatic heterocycles. The molecule has 0 aliphatic rings. The lowest BCUT2D eigenvalue weighted by atomic mass is 9.77. The topological polar surface area (TPSA) is 97.5 Å². The first-order valence-corrected chi connectivity index (χ1v) is 13.9. The smallest absolute Gasteiger partial charge is 0.498 e. The second kappa shape index (κ2) is 14.3. The van der Waals surface area contributed by atoms with Gasteiger partial charge in [-0.05, 0) is 36.5 Å². The standard InChI is InChI=1S/C30H33N3O.HO3P/c1-4-24(5-2)28(34-6-3)22-29-31-23-33(32-29)30(25-16-10-7-11-17-25,26-18-12-8-13-19-26)27-20-14-9-15-21-27;1-4(2)3/h7-24H,4-6H2,1-3H3;(H-,1,2,3)/p+1. The van der Waals surface area contributed by atoms with Crippen molar-refractivity contribution in [3.05, 3.63) is 126 Å². The van der Waals surface area contributed by atoms with Crippen LogP contribution in [-0.2, 0) is 14.8 Å². The summed E-state index contributed by atoms with van der Waals surface area (Å²) in [5.74, 6) is 1.96. The Bertz CT molecular complexity index is 1190. The van der Waals surface area contributed by atoms with E-state index < -0.39 is 13.8 Å². The van der Waals surface area contributed by atoms with E-state index in [0.717, 1.165) is 35.3 Å². The van der Waals surface area contributed by atoms with Gasteiger partial charge in [-0.1, -0.05) is 105 Å². The van der Waals surface area contributed by atoms with Gasteiger partial charge in [0.15, 0.2) is 5.82 Å². The first-order chi connectivity index (χ1) is 18.5. The summed E-state index contributed by atoms with van der Waals surface area (Å²) in [4.78, 5) is 19.0. The van der Waals surface area contributed by atoms with Gasteiger partial charge in [0.25, 0.3) is 0 Å². The van der Waals surface area contributed by atoms with E-state index in [9.17, 15) is 0 Å². The summed E-state index contributed by atoms with van der Waals surface area (Å²) in [7, 11) is -2.87. The van der Waals surface area contributed by atoms with Crippen LogP contribution in [0.5, 0.6) is 0 Å². The number of allylic oxidation sites excluding steroid dienone is 1. The van der Waals surface area contributed by atoms with Crippen LogP contribution >= 0.6 is 8.25 Å². The fourth-order valence-electron chi connectivity index (χ4n) is 4.70. The SMILES string of the molecule is CCOC(=Cc1ncn(C(c2ccccc2)(c2ccccc2)c2ccccc2)n1)C(CC)CC.O=[P+](O)O. The van der Waals surface area contributed by atoms with Crippen LogP contribution < -0.4 is 0 Å². The minimum Gasteiger partial charge on any atom is -0.498 e. The molecule has 2 N–H and O–H groups in total. The van der Waals surface area contributed by atoms with Crippen molar-refractivity contribution in [3.63, 3.8) is 0 Å². The van der Waals surface area contributed by atoms with Gasteiger partial charge in [-0.2, -0.15) is 0 Å². The van der Waals surface area contributed by atoms with Gasteiger partial charge in [0.1, 0.15) is 17.6 Å². The molecule has 0 spiro atoms. The molecule has 4 rings (SSSR count). The zero-order chi connectivity index (χ0) is 27.4. The van der Waals surface area contributed by atoms with E-state index in [0.29, 0.717) is 18.3 Å². The van der Waals surface area contributed by atoms with Gasteiger partial charge in [-0.25, -0.2) is 9.67 Å².